The molecule has 0 bridgehead atoms. The molecule has 0 saturated carbocycles. The van der Waals surface area contributed by atoms with E-state index in [2.05, 4.69) is 0 Å². The zero-order chi connectivity index (χ0) is 10.3. The van der Waals surface area contributed by atoms with E-state index in [1.54, 1.807) is 0 Å². The average Bonchev–Trinajstić information content (AvgIpc) is 2.32. The molecule has 1 aliphatic rings. The summed E-state index contributed by atoms with van der Waals surface area (Å²) in [5.74, 6) is 1.77. The van der Waals surface area contributed by atoms with E-state index in [0.717, 1.165) is 37.9 Å². The molecule has 0 unspecified atom stereocenters. The van der Waals surface area contributed by atoms with E-state index in [0.29, 0.717) is 0 Å². The molecule has 15 heavy (non-hydrogen) atoms. The Morgan fingerprint density at radius 3 is 2.60 bits per heavy atom. The summed E-state index contributed by atoms with van der Waals surface area (Å²) in [5, 5.41) is 0. The van der Waals surface area contributed by atoms with Gasteiger partial charge in [-0.05, 0) is 37.3 Å². The van der Waals surface area contributed by atoms with Crippen molar-refractivity contribution in [1.29, 1.82) is 0 Å². The van der Waals surface area contributed by atoms with Gasteiger partial charge in [-0.15, -0.1) is 0 Å². The van der Waals surface area contributed by atoms with E-state index in [1.807, 2.05) is 30.3 Å². The highest BCUT2D eigenvalue weighted by atomic mass is 16.5. The van der Waals surface area contributed by atoms with Crippen LogP contribution >= 0.6 is 0 Å². The summed E-state index contributed by atoms with van der Waals surface area (Å²) in [6.45, 7) is 2.68. The quantitative estimate of drug-likeness (QED) is 0.754. The van der Waals surface area contributed by atoms with Gasteiger partial charge in [0.1, 0.15) is 5.75 Å². The number of benzene rings is 1. The molecule has 2 nitrogen and oxygen atoms in total. The second-order valence-corrected chi connectivity index (χ2v) is 4.01. The molecule has 1 aromatic rings. The van der Waals surface area contributed by atoms with Crippen molar-refractivity contribution in [3.63, 3.8) is 0 Å². The number of ether oxygens (including phenoxy) is 2. The van der Waals surface area contributed by atoms with Gasteiger partial charge in [0.2, 0.25) is 0 Å². The van der Waals surface area contributed by atoms with Crippen LogP contribution in [0.3, 0.4) is 0 Å². The van der Waals surface area contributed by atoms with Gasteiger partial charge >= 0.3 is 0 Å². The predicted octanol–water partition coefficient (Wildman–Crippen LogP) is 2.88. The van der Waals surface area contributed by atoms with Crippen molar-refractivity contribution in [2.24, 2.45) is 5.92 Å². The Morgan fingerprint density at radius 2 is 1.87 bits per heavy atom. The zero-order valence-electron chi connectivity index (χ0n) is 9.02. The van der Waals surface area contributed by atoms with Crippen LogP contribution in [-0.4, -0.2) is 19.8 Å². The topological polar surface area (TPSA) is 18.5 Å². The molecule has 2 rings (SSSR count). The van der Waals surface area contributed by atoms with Crippen molar-refractivity contribution >= 4 is 0 Å². The van der Waals surface area contributed by atoms with Gasteiger partial charge in [-0.2, -0.15) is 0 Å². The van der Waals surface area contributed by atoms with Crippen LogP contribution in [0.4, 0.5) is 0 Å². The summed E-state index contributed by atoms with van der Waals surface area (Å²) >= 11 is 0. The molecule has 0 atom stereocenters. The van der Waals surface area contributed by atoms with E-state index >= 15 is 0 Å². The first-order valence-electron chi connectivity index (χ1n) is 5.71. The second kappa shape index (κ2) is 5.76. The lowest BCUT2D eigenvalue weighted by molar-refractivity contribution is 0.0593. The minimum absolute atomic E-state index is 0.794. The van der Waals surface area contributed by atoms with Crippen LogP contribution in [0.5, 0.6) is 5.75 Å². The summed E-state index contributed by atoms with van der Waals surface area (Å²) in [6, 6.07) is 10.0. The minimum atomic E-state index is 0.794. The van der Waals surface area contributed by atoms with Crippen molar-refractivity contribution < 1.29 is 9.47 Å². The average molecular weight is 206 g/mol. The lowest BCUT2D eigenvalue weighted by atomic mass is 9.97. The molecule has 1 fully saturated rings. The Labute approximate surface area is 91.2 Å². The third kappa shape index (κ3) is 3.56. The molecule has 1 saturated heterocycles. The highest BCUT2D eigenvalue weighted by Gasteiger charge is 2.13. The normalized spacial score (nSPS) is 17.6. The van der Waals surface area contributed by atoms with Gasteiger partial charge in [0.05, 0.1) is 6.61 Å². The maximum absolute atomic E-state index is 5.67. The van der Waals surface area contributed by atoms with E-state index in [-0.39, 0.29) is 0 Å². The van der Waals surface area contributed by atoms with Crippen LogP contribution in [0, 0.1) is 5.92 Å². The molecule has 1 heterocycles. The number of hydrogen-bond acceptors (Lipinski definition) is 2. The summed E-state index contributed by atoms with van der Waals surface area (Å²) in [7, 11) is 0. The molecule has 1 aliphatic heterocycles. The minimum Gasteiger partial charge on any atom is -0.494 e. The van der Waals surface area contributed by atoms with Crippen LogP contribution in [0.15, 0.2) is 30.3 Å². The fourth-order valence-corrected chi connectivity index (χ4v) is 1.90. The van der Waals surface area contributed by atoms with Gasteiger partial charge in [-0.25, -0.2) is 0 Å². The van der Waals surface area contributed by atoms with E-state index in [9.17, 15) is 0 Å². The van der Waals surface area contributed by atoms with Gasteiger partial charge in [0.25, 0.3) is 0 Å². The summed E-state index contributed by atoms with van der Waals surface area (Å²) in [5.41, 5.74) is 0. The van der Waals surface area contributed by atoms with Gasteiger partial charge in [-0.3, -0.25) is 0 Å². The molecular weight excluding hydrogens is 188 g/mol. The Kier molecular flexibility index (Phi) is 4.03. The van der Waals surface area contributed by atoms with Crippen LogP contribution in [0.1, 0.15) is 19.3 Å². The van der Waals surface area contributed by atoms with Crippen LogP contribution in [0.2, 0.25) is 0 Å². The van der Waals surface area contributed by atoms with E-state index in [4.69, 9.17) is 9.47 Å². The molecule has 2 heteroatoms. The van der Waals surface area contributed by atoms with Crippen molar-refractivity contribution in [2.45, 2.75) is 19.3 Å². The van der Waals surface area contributed by atoms with E-state index in [1.165, 1.54) is 12.8 Å². The standard InChI is InChI=1S/C13H18O2/c1-2-4-13(5-3-1)15-11-8-12-6-9-14-10-7-12/h1-5,12H,6-11H2. The van der Waals surface area contributed by atoms with E-state index < -0.39 is 0 Å². The van der Waals surface area contributed by atoms with Crippen molar-refractivity contribution in [3.05, 3.63) is 30.3 Å². The summed E-state index contributed by atoms with van der Waals surface area (Å²) < 4.78 is 11.0. The zero-order valence-corrected chi connectivity index (χ0v) is 9.02. The molecule has 1 aromatic carbocycles. The summed E-state index contributed by atoms with van der Waals surface area (Å²) in [4.78, 5) is 0. The molecule has 0 aliphatic carbocycles. The first-order chi connectivity index (χ1) is 7.45. The fraction of sp³-hybridized carbons (Fsp3) is 0.538. The van der Waals surface area contributed by atoms with Gasteiger partial charge in [0, 0.05) is 13.2 Å². The fourth-order valence-electron chi connectivity index (χ4n) is 1.90. The van der Waals surface area contributed by atoms with Crippen LogP contribution in [0.25, 0.3) is 0 Å². The number of para-hydroxylation sites is 1. The molecule has 0 aromatic heterocycles. The molecule has 82 valence electrons. The highest BCUT2D eigenvalue weighted by Crippen LogP contribution is 2.19. The SMILES string of the molecule is c1ccc(OCCC2CCOCC2)cc1. The Bertz CT molecular complexity index is 265. The predicted molar refractivity (Wildman–Crippen MR) is 60.1 cm³/mol. The van der Waals surface area contributed by atoms with Gasteiger partial charge in [-0.1, -0.05) is 18.2 Å². The largest absolute Gasteiger partial charge is 0.494 e. The third-order valence-corrected chi connectivity index (χ3v) is 2.88. The summed E-state index contributed by atoms with van der Waals surface area (Å²) in [6.07, 6.45) is 3.54. The third-order valence-electron chi connectivity index (χ3n) is 2.88. The maximum atomic E-state index is 5.67. The Balaban J connectivity index is 1.66. The Morgan fingerprint density at radius 1 is 1.13 bits per heavy atom. The smallest absolute Gasteiger partial charge is 0.119 e. The van der Waals surface area contributed by atoms with Gasteiger partial charge < -0.3 is 9.47 Å². The number of rotatable bonds is 4. The molecular formula is C13H18O2. The highest BCUT2D eigenvalue weighted by molar-refractivity contribution is 5.20. The lowest BCUT2D eigenvalue weighted by Crippen LogP contribution is -2.17. The molecule has 0 N–H and O–H groups in total. The van der Waals surface area contributed by atoms with Crippen molar-refractivity contribution in [3.8, 4) is 5.75 Å². The lowest BCUT2D eigenvalue weighted by Gasteiger charge is -2.21. The maximum Gasteiger partial charge on any atom is 0.119 e. The molecule has 0 amide bonds. The van der Waals surface area contributed by atoms with Crippen LogP contribution < -0.4 is 4.74 Å². The monoisotopic (exact) mass is 206 g/mol. The number of hydrogen-bond donors (Lipinski definition) is 0. The molecule has 0 radical (unpaired) electrons. The first kappa shape index (κ1) is 10.5. The van der Waals surface area contributed by atoms with Gasteiger partial charge in [0.15, 0.2) is 0 Å². The van der Waals surface area contributed by atoms with Crippen molar-refractivity contribution in [1.82, 2.24) is 0 Å². The second-order valence-electron chi connectivity index (χ2n) is 4.01. The molecule has 0 spiro atoms. The first-order valence-corrected chi connectivity index (χ1v) is 5.71. The van der Waals surface area contributed by atoms with Crippen LogP contribution in [-0.2, 0) is 4.74 Å². The van der Waals surface area contributed by atoms with Crippen molar-refractivity contribution in [2.75, 3.05) is 19.8 Å². The Hall–Kier alpha value is -1.02.